The van der Waals surface area contributed by atoms with Crippen LogP contribution in [0.3, 0.4) is 0 Å². The standard InChI is InChI=1S/C23H18ClN3O/c1-15-10-12-16(13-11-15)23(28)27-21(14-17-6-2-3-7-18(17)24)22-25-19-8-4-5-9-20(19)26-22/h2-14H,1H3,(H,25,26)(H,27,28)/b21-14-. The van der Waals surface area contributed by atoms with Gasteiger partial charge in [0.05, 0.1) is 16.7 Å². The van der Waals surface area contributed by atoms with Gasteiger partial charge in [-0.2, -0.15) is 0 Å². The van der Waals surface area contributed by atoms with E-state index in [2.05, 4.69) is 15.3 Å². The number of benzene rings is 3. The lowest BCUT2D eigenvalue weighted by molar-refractivity contribution is 0.0973. The van der Waals surface area contributed by atoms with Crippen LogP contribution < -0.4 is 5.32 Å². The molecule has 1 amide bonds. The normalized spacial score (nSPS) is 11.6. The van der Waals surface area contributed by atoms with Crippen LogP contribution in [0.2, 0.25) is 5.02 Å². The van der Waals surface area contributed by atoms with Crippen molar-refractivity contribution in [1.82, 2.24) is 15.3 Å². The maximum absolute atomic E-state index is 12.8. The number of hydrogen-bond acceptors (Lipinski definition) is 2. The van der Waals surface area contributed by atoms with Crippen molar-refractivity contribution in [3.63, 3.8) is 0 Å². The number of aryl methyl sites for hydroxylation is 1. The van der Waals surface area contributed by atoms with Crippen molar-refractivity contribution in [3.8, 4) is 0 Å². The lowest BCUT2D eigenvalue weighted by atomic mass is 10.1. The number of halogens is 1. The molecule has 0 fully saturated rings. The quantitative estimate of drug-likeness (QED) is 0.489. The van der Waals surface area contributed by atoms with E-state index in [-0.39, 0.29) is 5.91 Å². The van der Waals surface area contributed by atoms with Crippen LogP contribution in [0.15, 0.2) is 72.8 Å². The second kappa shape index (κ2) is 7.71. The Bertz CT molecular complexity index is 1140. The molecule has 2 N–H and O–H groups in total. The van der Waals surface area contributed by atoms with Crippen molar-refractivity contribution in [1.29, 1.82) is 0 Å². The molecule has 0 atom stereocenters. The third-order valence-corrected chi connectivity index (χ3v) is 4.76. The molecule has 1 aromatic heterocycles. The number of amides is 1. The number of hydrogen-bond donors (Lipinski definition) is 2. The zero-order valence-electron chi connectivity index (χ0n) is 15.2. The van der Waals surface area contributed by atoms with Gasteiger partial charge in [0, 0.05) is 10.6 Å². The summed E-state index contributed by atoms with van der Waals surface area (Å²) in [6, 6.07) is 22.6. The van der Waals surface area contributed by atoms with Gasteiger partial charge < -0.3 is 10.3 Å². The Balaban J connectivity index is 1.76. The molecular weight excluding hydrogens is 370 g/mol. The van der Waals surface area contributed by atoms with Crippen molar-refractivity contribution in [2.45, 2.75) is 6.92 Å². The molecule has 0 saturated carbocycles. The van der Waals surface area contributed by atoms with Gasteiger partial charge in [0.2, 0.25) is 0 Å². The molecular formula is C23H18ClN3O. The first-order valence-corrected chi connectivity index (χ1v) is 9.27. The highest BCUT2D eigenvalue weighted by Gasteiger charge is 2.14. The number of H-pyrrole nitrogens is 1. The molecule has 0 aliphatic heterocycles. The minimum Gasteiger partial charge on any atom is -0.337 e. The molecule has 0 saturated heterocycles. The Morgan fingerprint density at radius 2 is 1.71 bits per heavy atom. The van der Waals surface area contributed by atoms with Gasteiger partial charge in [0.1, 0.15) is 0 Å². The van der Waals surface area contributed by atoms with Gasteiger partial charge in [-0.05, 0) is 48.9 Å². The molecule has 4 rings (SSSR count). The summed E-state index contributed by atoms with van der Waals surface area (Å²) in [5, 5.41) is 3.57. The molecule has 0 spiro atoms. The molecule has 28 heavy (non-hydrogen) atoms. The molecule has 0 bridgehead atoms. The van der Waals surface area contributed by atoms with Crippen LogP contribution in [-0.4, -0.2) is 15.9 Å². The summed E-state index contributed by atoms with van der Waals surface area (Å²) in [6.45, 7) is 1.98. The number of imidazole rings is 1. The number of para-hydroxylation sites is 2. The number of carbonyl (C=O) groups is 1. The summed E-state index contributed by atoms with van der Waals surface area (Å²) in [4.78, 5) is 20.7. The Hall–Kier alpha value is -3.37. The van der Waals surface area contributed by atoms with Gasteiger partial charge in [0.15, 0.2) is 5.82 Å². The predicted molar refractivity (Wildman–Crippen MR) is 114 cm³/mol. The van der Waals surface area contributed by atoms with E-state index in [4.69, 9.17) is 11.6 Å². The second-order valence-electron chi connectivity index (χ2n) is 6.50. The number of rotatable bonds is 4. The molecule has 0 radical (unpaired) electrons. The summed E-state index contributed by atoms with van der Waals surface area (Å²) in [5.74, 6) is 0.361. The number of fused-ring (bicyclic) bond motifs is 1. The summed E-state index contributed by atoms with van der Waals surface area (Å²) >= 11 is 6.32. The van der Waals surface area contributed by atoms with Crippen LogP contribution in [0.25, 0.3) is 22.8 Å². The smallest absolute Gasteiger partial charge is 0.255 e. The van der Waals surface area contributed by atoms with Crippen molar-refractivity contribution >= 4 is 40.3 Å². The Kier molecular flexibility index (Phi) is 4.96. The summed E-state index contributed by atoms with van der Waals surface area (Å²) in [5.41, 5.74) is 4.74. The molecule has 5 heteroatoms. The minimum absolute atomic E-state index is 0.209. The van der Waals surface area contributed by atoms with Crippen LogP contribution in [0.4, 0.5) is 0 Å². The molecule has 138 valence electrons. The van der Waals surface area contributed by atoms with Gasteiger partial charge in [0.25, 0.3) is 5.91 Å². The highest BCUT2D eigenvalue weighted by molar-refractivity contribution is 6.32. The van der Waals surface area contributed by atoms with Crippen molar-refractivity contribution in [2.24, 2.45) is 0 Å². The average molecular weight is 388 g/mol. The monoisotopic (exact) mass is 387 g/mol. The second-order valence-corrected chi connectivity index (χ2v) is 6.91. The molecule has 1 heterocycles. The zero-order chi connectivity index (χ0) is 19.5. The van der Waals surface area contributed by atoms with Crippen molar-refractivity contribution in [2.75, 3.05) is 0 Å². The van der Waals surface area contributed by atoms with Gasteiger partial charge >= 0.3 is 0 Å². The van der Waals surface area contributed by atoms with Crippen LogP contribution in [0.1, 0.15) is 27.3 Å². The van der Waals surface area contributed by atoms with Gasteiger partial charge in [-0.1, -0.05) is 59.6 Å². The molecule has 3 aromatic carbocycles. The highest BCUT2D eigenvalue weighted by Crippen LogP contribution is 2.22. The van der Waals surface area contributed by atoms with E-state index in [0.29, 0.717) is 22.1 Å². The number of carbonyl (C=O) groups excluding carboxylic acids is 1. The van der Waals surface area contributed by atoms with Crippen LogP contribution >= 0.6 is 11.6 Å². The van der Waals surface area contributed by atoms with E-state index in [1.165, 1.54) is 0 Å². The highest BCUT2D eigenvalue weighted by atomic mass is 35.5. The maximum atomic E-state index is 12.8. The molecule has 0 aliphatic rings. The number of aromatic amines is 1. The fraction of sp³-hybridized carbons (Fsp3) is 0.0435. The third kappa shape index (κ3) is 3.82. The predicted octanol–water partition coefficient (Wildman–Crippen LogP) is 5.45. The largest absolute Gasteiger partial charge is 0.337 e. The van der Waals surface area contributed by atoms with Crippen LogP contribution in [-0.2, 0) is 0 Å². The molecule has 4 nitrogen and oxygen atoms in total. The van der Waals surface area contributed by atoms with Gasteiger partial charge in [-0.25, -0.2) is 4.98 Å². The van der Waals surface area contributed by atoms with E-state index in [9.17, 15) is 4.79 Å². The van der Waals surface area contributed by atoms with E-state index in [1.54, 1.807) is 12.1 Å². The third-order valence-electron chi connectivity index (χ3n) is 4.41. The Labute approximate surface area is 167 Å². The maximum Gasteiger partial charge on any atom is 0.255 e. The average Bonchev–Trinajstić information content (AvgIpc) is 3.14. The van der Waals surface area contributed by atoms with Crippen molar-refractivity contribution < 1.29 is 4.79 Å². The Morgan fingerprint density at radius 1 is 1.00 bits per heavy atom. The lowest BCUT2D eigenvalue weighted by Crippen LogP contribution is -2.22. The number of nitrogens with zero attached hydrogens (tertiary/aromatic N) is 1. The van der Waals surface area contributed by atoms with E-state index < -0.39 is 0 Å². The minimum atomic E-state index is -0.209. The summed E-state index contributed by atoms with van der Waals surface area (Å²) in [6.07, 6.45) is 1.83. The van der Waals surface area contributed by atoms with Gasteiger partial charge in [-0.3, -0.25) is 4.79 Å². The number of aromatic nitrogens is 2. The molecule has 4 aromatic rings. The van der Waals surface area contributed by atoms with Crippen LogP contribution in [0, 0.1) is 6.92 Å². The molecule has 0 aliphatic carbocycles. The molecule has 0 unspecified atom stereocenters. The zero-order valence-corrected chi connectivity index (χ0v) is 16.0. The van der Waals surface area contributed by atoms with E-state index >= 15 is 0 Å². The Morgan fingerprint density at radius 3 is 2.46 bits per heavy atom. The summed E-state index contributed by atoms with van der Waals surface area (Å²) in [7, 11) is 0. The first kappa shape index (κ1) is 18.0. The van der Waals surface area contributed by atoms with Crippen molar-refractivity contribution in [3.05, 3.63) is 100 Å². The topological polar surface area (TPSA) is 57.8 Å². The number of nitrogens with one attached hydrogen (secondary N) is 2. The van der Waals surface area contributed by atoms with Gasteiger partial charge in [-0.15, -0.1) is 0 Å². The first-order chi connectivity index (χ1) is 13.6. The fourth-order valence-electron chi connectivity index (χ4n) is 2.89. The van der Waals surface area contributed by atoms with E-state index in [0.717, 1.165) is 22.2 Å². The first-order valence-electron chi connectivity index (χ1n) is 8.89. The fourth-order valence-corrected chi connectivity index (χ4v) is 3.08. The SMILES string of the molecule is Cc1ccc(C(=O)N/C(=C\c2ccccc2Cl)c2nc3ccccc3[nH]2)cc1. The van der Waals surface area contributed by atoms with Crippen LogP contribution in [0.5, 0.6) is 0 Å². The van der Waals surface area contributed by atoms with E-state index in [1.807, 2.05) is 73.7 Å². The summed E-state index contributed by atoms with van der Waals surface area (Å²) < 4.78 is 0. The lowest BCUT2D eigenvalue weighted by Gasteiger charge is -2.09.